The van der Waals surface area contributed by atoms with E-state index in [1.165, 1.54) is 24.8 Å². The van der Waals surface area contributed by atoms with E-state index in [9.17, 15) is 4.79 Å². The van der Waals surface area contributed by atoms with Crippen LogP contribution in [0.3, 0.4) is 0 Å². The first-order valence-corrected chi connectivity index (χ1v) is 8.78. The van der Waals surface area contributed by atoms with Crippen LogP contribution >= 0.6 is 11.6 Å². The molecule has 1 aromatic rings. The number of hydrogen-bond donors (Lipinski definition) is 0. The van der Waals surface area contributed by atoms with E-state index in [1.54, 1.807) is 6.92 Å². The van der Waals surface area contributed by atoms with Crippen molar-refractivity contribution >= 4 is 17.5 Å². The van der Waals surface area contributed by atoms with Gasteiger partial charge in [0.1, 0.15) is 0 Å². The maximum absolute atomic E-state index is 11.9. The summed E-state index contributed by atoms with van der Waals surface area (Å²) in [6, 6.07) is 9.06. The molecule has 0 aliphatic carbocycles. The highest BCUT2D eigenvalue weighted by atomic mass is 35.5. The number of benzene rings is 1. The maximum Gasteiger partial charge on any atom is 0.219 e. The molecule has 22 heavy (non-hydrogen) atoms. The van der Waals surface area contributed by atoms with E-state index in [0.717, 1.165) is 37.5 Å². The number of halogens is 1. The first-order chi connectivity index (χ1) is 10.6. The molecule has 0 unspecified atom stereocenters. The van der Waals surface area contributed by atoms with Crippen LogP contribution in [0.5, 0.6) is 0 Å². The van der Waals surface area contributed by atoms with E-state index in [2.05, 4.69) is 21.9 Å². The Hall–Kier alpha value is -1.06. The molecule has 2 fully saturated rings. The molecule has 3 nitrogen and oxygen atoms in total. The minimum atomic E-state index is 0.232. The molecule has 0 N–H and O–H groups in total. The average molecular weight is 321 g/mol. The van der Waals surface area contributed by atoms with E-state index in [1.807, 2.05) is 12.1 Å². The van der Waals surface area contributed by atoms with Crippen molar-refractivity contribution in [2.75, 3.05) is 13.1 Å². The molecule has 2 aliphatic rings. The van der Waals surface area contributed by atoms with Gasteiger partial charge in [-0.3, -0.25) is 9.69 Å². The highest BCUT2D eigenvalue weighted by molar-refractivity contribution is 6.30. The van der Waals surface area contributed by atoms with Crippen LogP contribution in [0, 0.1) is 0 Å². The standard InChI is InChI=1S/C18H25ClN2O/c1-14(22)21-11-9-17-18(21)8-3-2-4-10-20(17)13-15-6-5-7-16(19)12-15/h5-7,12,17-18H,2-4,8-11,13H2,1H3/t17-,18+/m0/s1. The number of likely N-dealkylation sites (tertiary alicyclic amines) is 2. The fourth-order valence-electron chi connectivity index (χ4n) is 4.08. The lowest BCUT2D eigenvalue weighted by Gasteiger charge is -2.37. The van der Waals surface area contributed by atoms with E-state index in [0.29, 0.717) is 12.1 Å². The molecule has 2 heterocycles. The van der Waals surface area contributed by atoms with Crippen LogP contribution < -0.4 is 0 Å². The summed E-state index contributed by atoms with van der Waals surface area (Å²) >= 11 is 6.13. The second-order valence-corrected chi connectivity index (χ2v) is 7.02. The minimum Gasteiger partial charge on any atom is -0.338 e. The van der Waals surface area contributed by atoms with Crippen LogP contribution in [0.15, 0.2) is 24.3 Å². The van der Waals surface area contributed by atoms with E-state index in [-0.39, 0.29) is 5.91 Å². The Kier molecular flexibility index (Phi) is 5.04. The first kappa shape index (κ1) is 15.8. The predicted octanol–water partition coefficient (Wildman–Crippen LogP) is 3.71. The number of carbonyl (C=O) groups excluding carboxylic acids is 1. The Bertz CT molecular complexity index is 534. The summed E-state index contributed by atoms with van der Waals surface area (Å²) in [5, 5.41) is 0.804. The molecule has 1 aromatic carbocycles. The molecule has 0 radical (unpaired) electrons. The predicted molar refractivity (Wildman–Crippen MR) is 89.9 cm³/mol. The molecular formula is C18H25ClN2O. The van der Waals surface area contributed by atoms with Crippen LogP contribution in [-0.2, 0) is 11.3 Å². The molecule has 0 spiro atoms. The minimum absolute atomic E-state index is 0.232. The van der Waals surface area contributed by atoms with Gasteiger partial charge in [-0.15, -0.1) is 0 Å². The SMILES string of the molecule is CC(=O)N1CC[C@H]2[C@H]1CCCCCN2Cc1cccc(Cl)c1. The van der Waals surface area contributed by atoms with E-state index in [4.69, 9.17) is 11.6 Å². The zero-order valence-corrected chi connectivity index (χ0v) is 14.1. The van der Waals surface area contributed by atoms with Gasteiger partial charge >= 0.3 is 0 Å². The zero-order valence-electron chi connectivity index (χ0n) is 13.3. The fraction of sp³-hybridized carbons (Fsp3) is 0.611. The molecule has 0 bridgehead atoms. The molecule has 0 aromatic heterocycles. The number of fused-ring (bicyclic) bond motifs is 1. The topological polar surface area (TPSA) is 23.6 Å². The normalized spacial score (nSPS) is 26.4. The second-order valence-electron chi connectivity index (χ2n) is 6.59. The van der Waals surface area contributed by atoms with Crippen LogP contribution in [-0.4, -0.2) is 40.9 Å². The highest BCUT2D eigenvalue weighted by Crippen LogP contribution is 2.30. The first-order valence-electron chi connectivity index (χ1n) is 8.41. The molecule has 120 valence electrons. The van der Waals surface area contributed by atoms with Gasteiger partial charge in [0.05, 0.1) is 0 Å². The molecule has 2 saturated heterocycles. The third kappa shape index (κ3) is 3.47. The van der Waals surface area contributed by atoms with E-state index < -0.39 is 0 Å². The molecule has 2 atom stereocenters. The lowest BCUT2D eigenvalue weighted by molar-refractivity contribution is -0.130. The fourth-order valence-corrected chi connectivity index (χ4v) is 4.29. The molecule has 3 rings (SSSR count). The molecule has 1 amide bonds. The van der Waals surface area contributed by atoms with Crippen LogP contribution in [0.4, 0.5) is 0 Å². The van der Waals surface area contributed by atoms with Crippen LogP contribution in [0.2, 0.25) is 5.02 Å². The smallest absolute Gasteiger partial charge is 0.219 e. The van der Waals surface area contributed by atoms with Gasteiger partial charge in [-0.05, 0) is 43.5 Å². The van der Waals surface area contributed by atoms with Gasteiger partial charge in [0, 0.05) is 37.1 Å². The van der Waals surface area contributed by atoms with Crippen molar-refractivity contribution in [1.82, 2.24) is 9.80 Å². The summed E-state index contributed by atoms with van der Waals surface area (Å²) in [7, 11) is 0. The van der Waals surface area contributed by atoms with Crippen molar-refractivity contribution in [3.05, 3.63) is 34.9 Å². The maximum atomic E-state index is 11.9. The molecule has 2 aliphatic heterocycles. The molecule has 4 heteroatoms. The van der Waals surface area contributed by atoms with Gasteiger partial charge in [-0.1, -0.05) is 36.6 Å². The number of hydrogen-bond acceptors (Lipinski definition) is 2. The monoisotopic (exact) mass is 320 g/mol. The summed E-state index contributed by atoms with van der Waals surface area (Å²) < 4.78 is 0. The molecule has 0 saturated carbocycles. The van der Waals surface area contributed by atoms with E-state index >= 15 is 0 Å². The van der Waals surface area contributed by atoms with Gasteiger partial charge in [-0.2, -0.15) is 0 Å². The number of amides is 1. The number of rotatable bonds is 2. The number of carbonyl (C=O) groups is 1. The van der Waals surface area contributed by atoms with Crippen molar-refractivity contribution in [2.45, 2.75) is 57.7 Å². The lowest BCUT2D eigenvalue weighted by Crippen LogP contribution is -2.47. The lowest BCUT2D eigenvalue weighted by atomic mass is 9.96. The third-order valence-electron chi connectivity index (χ3n) is 5.10. The van der Waals surface area contributed by atoms with Crippen molar-refractivity contribution in [1.29, 1.82) is 0 Å². The van der Waals surface area contributed by atoms with Gasteiger partial charge in [0.25, 0.3) is 0 Å². The summed E-state index contributed by atoms with van der Waals surface area (Å²) in [6.07, 6.45) is 6.02. The summed E-state index contributed by atoms with van der Waals surface area (Å²) in [5.41, 5.74) is 1.27. The summed E-state index contributed by atoms with van der Waals surface area (Å²) in [4.78, 5) is 16.6. The summed E-state index contributed by atoms with van der Waals surface area (Å²) in [6.45, 7) is 4.69. The third-order valence-corrected chi connectivity index (χ3v) is 5.34. The zero-order chi connectivity index (χ0) is 15.5. The van der Waals surface area contributed by atoms with Crippen LogP contribution in [0.25, 0.3) is 0 Å². The second kappa shape index (κ2) is 7.01. The quantitative estimate of drug-likeness (QED) is 0.829. The highest BCUT2D eigenvalue weighted by Gasteiger charge is 2.39. The Balaban J connectivity index is 1.78. The van der Waals surface area contributed by atoms with Gasteiger partial charge in [0.15, 0.2) is 0 Å². The average Bonchev–Trinajstić information content (AvgIpc) is 2.86. The van der Waals surface area contributed by atoms with Crippen molar-refractivity contribution in [3.8, 4) is 0 Å². The Labute approximate surface area is 138 Å². The van der Waals surface area contributed by atoms with Crippen molar-refractivity contribution in [2.24, 2.45) is 0 Å². The molecular weight excluding hydrogens is 296 g/mol. The van der Waals surface area contributed by atoms with Crippen molar-refractivity contribution < 1.29 is 4.79 Å². The van der Waals surface area contributed by atoms with Gasteiger partial charge in [-0.25, -0.2) is 0 Å². The van der Waals surface area contributed by atoms with Gasteiger partial charge < -0.3 is 4.90 Å². The summed E-state index contributed by atoms with van der Waals surface area (Å²) in [5.74, 6) is 0.232. The Morgan fingerprint density at radius 1 is 1.18 bits per heavy atom. The van der Waals surface area contributed by atoms with Gasteiger partial charge in [0.2, 0.25) is 5.91 Å². The number of nitrogens with zero attached hydrogens (tertiary/aromatic N) is 2. The van der Waals surface area contributed by atoms with Crippen molar-refractivity contribution in [3.63, 3.8) is 0 Å². The Morgan fingerprint density at radius 2 is 2.05 bits per heavy atom. The van der Waals surface area contributed by atoms with Crippen LogP contribution in [0.1, 0.15) is 44.6 Å². The Morgan fingerprint density at radius 3 is 2.82 bits per heavy atom. The largest absolute Gasteiger partial charge is 0.338 e.